The Balaban J connectivity index is 0.000000345. The highest BCUT2D eigenvalue weighted by molar-refractivity contribution is 7.90. The van der Waals surface area contributed by atoms with Crippen molar-refractivity contribution in [2.24, 2.45) is 5.92 Å². The van der Waals surface area contributed by atoms with E-state index in [-0.39, 0.29) is 16.8 Å². The maximum atomic E-state index is 12.3. The number of hydrogen-bond acceptors (Lipinski definition) is 5. The Labute approximate surface area is 160 Å². The highest BCUT2D eigenvalue weighted by Crippen LogP contribution is 2.27. The molecule has 0 saturated carbocycles. The molecule has 3 fully saturated rings. The van der Waals surface area contributed by atoms with Crippen molar-refractivity contribution in [1.82, 2.24) is 10.2 Å². The van der Waals surface area contributed by atoms with Crippen molar-refractivity contribution in [2.75, 3.05) is 25.9 Å². The van der Waals surface area contributed by atoms with Crippen LogP contribution in [0.15, 0.2) is 29.2 Å². The minimum Gasteiger partial charge on any atom is -0.475 e. The van der Waals surface area contributed by atoms with Crippen molar-refractivity contribution < 1.29 is 36.3 Å². The third kappa shape index (κ3) is 5.93. The van der Waals surface area contributed by atoms with E-state index in [0.29, 0.717) is 11.5 Å². The molecule has 0 aliphatic carbocycles. The van der Waals surface area contributed by atoms with Gasteiger partial charge in [0.2, 0.25) is 0 Å². The first-order valence-electron chi connectivity index (χ1n) is 8.51. The molecule has 0 radical (unpaired) electrons. The standard InChI is InChI=1S/C15H20N2O3S.C2HF3O2/c1-21(19,20)13-4-2-12(3-5-13)15(18)16-14-10-17-8-6-11(14)7-9-17;3-2(4,5)1(6)7/h2-5,11,14H,6-10H2,1H3,(H,16,18);(H,6,7)/t14-;/m1./s1. The van der Waals surface area contributed by atoms with Gasteiger partial charge in [0.1, 0.15) is 0 Å². The van der Waals surface area contributed by atoms with E-state index in [0.717, 1.165) is 38.7 Å². The van der Waals surface area contributed by atoms with E-state index in [1.54, 1.807) is 12.1 Å². The van der Waals surface area contributed by atoms with E-state index in [1.165, 1.54) is 12.1 Å². The highest BCUT2D eigenvalue weighted by Gasteiger charge is 2.38. The summed E-state index contributed by atoms with van der Waals surface area (Å²) >= 11 is 0. The second kappa shape index (κ2) is 8.48. The average molecular weight is 422 g/mol. The molecule has 4 rings (SSSR count). The molecule has 28 heavy (non-hydrogen) atoms. The first-order chi connectivity index (χ1) is 12.9. The zero-order valence-corrected chi connectivity index (χ0v) is 15.9. The van der Waals surface area contributed by atoms with E-state index < -0.39 is 22.0 Å². The number of carbonyl (C=O) groups excluding carboxylic acids is 1. The molecule has 1 aromatic carbocycles. The number of carbonyl (C=O) groups is 2. The lowest BCUT2D eigenvalue weighted by Gasteiger charge is -2.44. The lowest BCUT2D eigenvalue weighted by Crippen LogP contribution is -2.57. The molecule has 0 spiro atoms. The number of sulfone groups is 1. The molecule has 3 heterocycles. The molecule has 3 aliphatic rings. The summed E-state index contributed by atoms with van der Waals surface area (Å²) in [7, 11) is -3.22. The lowest BCUT2D eigenvalue weighted by molar-refractivity contribution is -0.192. The molecule has 1 atom stereocenters. The summed E-state index contributed by atoms with van der Waals surface area (Å²) in [5.74, 6) is -2.30. The number of carboxylic acid groups (broad SMARTS) is 1. The number of nitrogens with zero attached hydrogens (tertiary/aromatic N) is 1. The van der Waals surface area contributed by atoms with Gasteiger partial charge in [0.05, 0.1) is 4.90 Å². The van der Waals surface area contributed by atoms with E-state index in [2.05, 4.69) is 10.2 Å². The Morgan fingerprint density at radius 1 is 1.14 bits per heavy atom. The van der Waals surface area contributed by atoms with Gasteiger partial charge in [0.25, 0.3) is 5.91 Å². The Bertz CT molecular complexity index is 816. The van der Waals surface area contributed by atoms with Crippen LogP contribution in [-0.4, -0.2) is 68.4 Å². The van der Waals surface area contributed by atoms with E-state index in [1.807, 2.05) is 0 Å². The van der Waals surface area contributed by atoms with Crippen LogP contribution in [0.5, 0.6) is 0 Å². The third-order valence-corrected chi connectivity index (χ3v) is 5.89. The molecular weight excluding hydrogens is 401 g/mol. The normalized spacial score (nSPS) is 24.1. The van der Waals surface area contributed by atoms with Crippen LogP contribution in [0.4, 0.5) is 13.2 Å². The number of aliphatic carboxylic acids is 1. The number of alkyl halides is 3. The molecule has 2 N–H and O–H groups in total. The number of fused-ring (bicyclic) bond motifs is 3. The van der Waals surface area contributed by atoms with Gasteiger partial charge < -0.3 is 15.3 Å². The quantitative estimate of drug-likeness (QED) is 0.766. The first kappa shape index (κ1) is 22.2. The topological polar surface area (TPSA) is 104 Å². The molecule has 2 bridgehead atoms. The summed E-state index contributed by atoms with van der Waals surface area (Å²) in [6.45, 7) is 3.21. The van der Waals surface area contributed by atoms with Gasteiger partial charge in [-0.1, -0.05) is 0 Å². The van der Waals surface area contributed by atoms with E-state index in [9.17, 15) is 26.4 Å². The Morgan fingerprint density at radius 3 is 2.00 bits per heavy atom. The number of halogens is 3. The van der Waals surface area contributed by atoms with Gasteiger partial charge in [-0.2, -0.15) is 13.2 Å². The summed E-state index contributed by atoms with van der Waals surface area (Å²) < 4.78 is 54.6. The smallest absolute Gasteiger partial charge is 0.475 e. The second-order valence-electron chi connectivity index (χ2n) is 6.82. The van der Waals surface area contributed by atoms with Crippen molar-refractivity contribution in [3.63, 3.8) is 0 Å². The van der Waals surface area contributed by atoms with Gasteiger partial charge in [-0.05, 0) is 56.1 Å². The van der Waals surface area contributed by atoms with Crippen LogP contribution in [0.1, 0.15) is 23.2 Å². The van der Waals surface area contributed by atoms with E-state index in [4.69, 9.17) is 9.90 Å². The molecule has 11 heteroatoms. The molecule has 7 nitrogen and oxygen atoms in total. The lowest BCUT2D eigenvalue weighted by atomic mass is 9.84. The van der Waals surface area contributed by atoms with Gasteiger partial charge in [0.15, 0.2) is 9.84 Å². The largest absolute Gasteiger partial charge is 0.490 e. The molecular formula is C17H21F3N2O5S. The number of hydrogen-bond donors (Lipinski definition) is 2. The number of carboxylic acids is 1. The Morgan fingerprint density at radius 2 is 1.64 bits per heavy atom. The van der Waals surface area contributed by atoms with Crippen LogP contribution < -0.4 is 5.32 Å². The molecule has 3 aliphatic heterocycles. The third-order valence-electron chi connectivity index (χ3n) is 4.76. The maximum absolute atomic E-state index is 12.3. The van der Waals surface area contributed by atoms with Crippen molar-refractivity contribution in [3.8, 4) is 0 Å². The first-order valence-corrected chi connectivity index (χ1v) is 10.4. The van der Waals surface area contributed by atoms with Crippen LogP contribution in [0.2, 0.25) is 0 Å². The van der Waals surface area contributed by atoms with Crippen LogP contribution >= 0.6 is 0 Å². The summed E-state index contributed by atoms with van der Waals surface area (Å²) in [4.78, 5) is 23.8. The molecule has 1 amide bonds. The van der Waals surface area contributed by atoms with Crippen molar-refractivity contribution >= 4 is 21.7 Å². The fraction of sp³-hybridized carbons (Fsp3) is 0.529. The maximum Gasteiger partial charge on any atom is 0.490 e. The zero-order chi connectivity index (χ0) is 21.1. The minimum atomic E-state index is -5.08. The molecule has 0 unspecified atom stereocenters. The summed E-state index contributed by atoms with van der Waals surface area (Å²) in [6, 6.07) is 6.34. The van der Waals surface area contributed by atoms with Crippen LogP contribution in [0, 0.1) is 5.92 Å². The van der Waals surface area contributed by atoms with Crippen molar-refractivity contribution in [3.05, 3.63) is 29.8 Å². The van der Waals surface area contributed by atoms with Crippen molar-refractivity contribution in [2.45, 2.75) is 30.0 Å². The minimum absolute atomic E-state index is 0.117. The van der Waals surface area contributed by atoms with Gasteiger partial charge in [0, 0.05) is 24.4 Å². The average Bonchev–Trinajstić information content (AvgIpc) is 2.62. The van der Waals surface area contributed by atoms with Crippen molar-refractivity contribution in [1.29, 1.82) is 0 Å². The Kier molecular flexibility index (Phi) is 6.71. The molecule has 0 aromatic heterocycles. The number of piperidine rings is 3. The number of rotatable bonds is 3. The summed E-state index contributed by atoms with van der Waals surface area (Å²) in [5, 5.41) is 10.2. The van der Waals surface area contributed by atoms with E-state index >= 15 is 0 Å². The number of amides is 1. The van der Waals surface area contributed by atoms with Crippen LogP contribution in [0.3, 0.4) is 0 Å². The van der Waals surface area contributed by atoms with Crippen LogP contribution in [0.25, 0.3) is 0 Å². The SMILES string of the molecule is CS(=O)(=O)c1ccc(C(=O)N[C@@H]2CN3CCC2CC3)cc1.O=C(O)C(F)(F)F. The predicted octanol–water partition coefficient (Wildman–Crippen LogP) is 1.55. The molecule has 156 valence electrons. The van der Waals surface area contributed by atoms with Crippen LogP contribution in [-0.2, 0) is 14.6 Å². The fourth-order valence-corrected chi connectivity index (χ4v) is 3.86. The molecule has 1 aromatic rings. The van der Waals surface area contributed by atoms with Gasteiger partial charge in [-0.25, -0.2) is 13.2 Å². The van der Waals surface area contributed by atoms with Gasteiger partial charge >= 0.3 is 12.1 Å². The number of nitrogens with one attached hydrogen (secondary N) is 1. The molecule has 3 saturated heterocycles. The zero-order valence-electron chi connectivity index (χ0n) is 15.1. The highest BCUT2D eigenvalue weighted by atomic mass is 32.2. The van der Waals surface area contributed by atoms with Gasteiger partial charge in [-0.3, -0.25) is 4.79 Å². The predicted molar refractivity (Wildman–Crippen MR) is 93.7 cm³/mol. The fourth-order valence-electron chi connectivity index (χ4n) is 3.23. The second-order valence-corrected chi connectivity index (χ2v) is 8.83. The van der Waals surface area contributed by atoms with Gasteiger partial charge in [-0.15, -0.1) is 0 Å². The monoisotopic (exact) mass is 422 g/mol. The summed E-state index contributed by atoms with van der Waals surface area (Å²) in [5.41, 5.74) is 0.513. The summed E-state index contributed by atoms with van der Waals surface area (Å²) in [6.07, 6.45) is -1.62. The Hall–Kier alpha value is -2.14. The number of benzene rings is 1.